The number of likely N-dealkylation sites (tertiary alicyclic amines) is 1. The quantitative estimate of drug-likeness (QED) is 0.669. The van der Waals surface area contributed by atoms with Crippen molar-refractivity contribution < 1.29 is 4.79 Å². The second-order valence-corrected chi connectivity index (χ2v) is 3.78. The van der Waals surface area contributed by atoms with Crippen molar-refractivity contribution in [3.8, 4) is 0 Å². The zero-order valence-electron chi connectivity index (χ0n) is 8.10. The molecule has 1 aliphatic heterocycles. The van der Waals surface area contributed by atoms with Crippen LogP contribution in [0.5, 0.6) is 0 Å². The Morgan fingerprint density at radius 3 is 2.93 bits per heavy atom. The van der Waals surface area contributed by atoms with E-state index in [1.165, 1.54) is 5.56 Å². The minimum Gasteiger partial charge on any atom is -0.303 e. The van der Waals surface area contributed by atoms with Crippen LogP contribution in [0.3, 0.4) is 0 Å². The lowest BCUT2D eigenvalue weighted by Crippen LogP contribution is -2.20. The van der Waals surface area contributed by atoms with E-state index in [0.717, 1.165) is 32.3 Å². The van der Waals surface area contributed by atoms with E-state index in [4.69, 9.17) is 0 Å². The van der Waals surface area contributed by atoms with Crippen molar-refractivity contribution in [3.63, 3.8) is 0 Å². The average Bonchev–Trinajstić information content (AvgIpc) is 2.67. The third-order valence-corrected chi connectivity index (χ3v) is 2.66. The van der Waals surface area contributed by atoms with Crippen molar-refractivity contribution in [2.24, 2.45) is 5.92 Å². The SMILES string of the molecule is O=C[C@@H]1CCN(Cc2ccncc2)C1. The highest BCUT2D eigenvalue weighted by atomic mass is 16.1. The number of hydrogen-bond donors (Lipinski definition) is 0. The van der Waals surface area contributed by atoms with E-state index in [9.17, 15) is 4.79 Å². The second-order valence-electron chi connectivity index (χ2n) is 3.78. The van der Waals surface area contributed by atoms with Gasteiger partial charge in [-0.2, -0.15) is 0 Å². The van der Waals surface area contributed by atoms with Crippen molar-refractivity contribution in [1.82, 2.24) is 9.88 Å². The highest BCUT2D eigenvalue weighted by molar-refractivity contribution is 5.54. The molecule has 14 heavy (non-hydrogen) atoms. The Labute approximate surface area is 83.8 Å². The minimum atomic E-state index is 0.247. The standard InChI is InChI=1S/C11H14N2O/c14-9-11-3-6-13(8-11)7-10-1-4-12-5-2-10/h1-2,4-5,9,11H,3,6-8H2/t11-/m1/s1. The number of carbonyl (C=O) groups is 1. The summed E-state index contributed by atoms with van der Waals surface area (Å²) in [4.78, 5) is 16.9. The molecule has 0 radical (unpaired) electrons. The van der Waals surface area contributed by atoms with E-state index in [1.807, 2.05) is 24.5 Å². The average molecular weight is 190 g/mol. The smallest absolute Gasteiger partial charge is 0.124 e. The monoisotopic (exact) mass is 190 g/mol. The molecule has 1 atom stereocenters. The molecule has 1 saturated heterocycles. The Kier molecular flexibility index (Phi) is 2.89. The van der Waals surface area contributed by atoms with Gasteiger partial charge in [-0.05, 0) is 30.7 Å². The molecule has 0 amide bonds. The zero-order valence-corrected chi connectivity index (χ0v) is 8.10. The molecule has 2 rings (SSSR count). The van der Waals surface area contributed by atoms with Crippen LogP contribution in [0.1, 0.15) is 12.0 Å². The first-order valence-corrected chi connectivity index (χ1v) is 4.95. The normalized spacial score (nSPS) is 22.4. The van der Waals surface area contributed by atoms with Crippen LogP contribution in [-0.2, 0) is 11.3 Å². The van der Waals surface area contributed by atoms with Gasteiger partial charge in [-0.25, -0.2) is 0 Å². The molecule has 2 heterocycles. The number of pyridine rings is 1. The Morgan fingerprint density at radius 1 is 1.50 bits per heavy atom. The molecule has 74 valence electrons. The molecule has 3 nitrogen and oxygen atoms in total. The van der Waals surface area contributed by atoms with Gasteiger partial charge in [0.1, 0.15) is 6.29 Å². The summed E-state index contributed by atoms with van der Waals surface area (Å²) in [5.74, 6) is 0.247. The van der Waals surface area contributed by atoms with Crippen LogP contribution in [0, 0.1) is 5.92 Å². The zero-order chi connectivity index (χ0) is 9.80. The summed E-state index contributed by atoms with van der Waals surface area (Å²) in [6.45, 7) is 2.88. The maximum Gasteiger partial charge on any atom is 0.124 e. The van der Waals surface area contributed by atoms with Crippen molar-refractivity contribution in [1.29, 1.82) is 0 Å². The van der Waals surface area contributed by atoms with E-state index in [2.05, 4.69) is 9.88 Å². The van der Waals surface area contributed by atoms with Crippen LogP contribution in [0.15, 0.2) is 24.5 Å². The summed E-state index contributed by atoms with van der Waals surface area (Å²) in [6, 6.07) is 4.04. The maximum absolute atomic E-state index is 10.6. The fourth-order valence-electron chi connectivity index (χ4n) is 1.86. The van der Waals surface area contributed by atoms with Gasteiger partial charge in [-0.15, -0.1) is 0 Å². The van der Waals surface area contributed by atoms with Crippen molar-refractivity contribution >= 4 is 6.29 Å². The first kappa shape index (κ1) is 9.34. The molecule has 0 unspecified atom stereocenters. The van der Waals surface area contributed by atoms with Gasteiger partial charge in [0.25, 0.3) is 0 Å². The van der Waals surface area contributed by atoms with Crippen molar-refractivity contribution in [2.45, 2.75) is 13.0 Å². The van der Waals surface area contributed by atoms with E-state index < -0.39 is 0 Å². The molecule has 0 aromatic carbocycles. The third-order valence-electron chi connectivity index (χ3n) is 2.66. The molecular weight excluding hydrogens is 176 g/mol. The van der Waals surface area contributed by atoms with Gasteiger partial charge < -0.3 is 4.79 Å². The third kappa shape index (κ3) is 2.17. The predicted molar refractivity (Wildman–Crippen MR) is 53.7 cm³/mol. The van der Waals surface area contributed by atoms with Crippen LogP contribution in [0.2, 0.25) is 0 Å². The number of aromatic nitrogens is 1. The Hall–Kier alpha value is -1.22. The minimum absolute atomic E-state index is 0.247. The molecule has 3 heteroatoms. The summed E-state index contributed by atoms with van der Waals surface area (Å²) in [5, 5.41) is 0. The molecule has 1 aromatic rings. The van der Waals surface area contributed by atoms with E-state index in [1.54, 1.807) is 0 Å². The van der Waals surface area contributed by atoms with Gasteiger partial charge in [0.05, 0.1) is 0 Å². The lowest BCUT2D eigenvalue weighted by molar-refractivity contribution is -0.110. The lowest BCUT2D eigenvalue weighted by atomic mass is 10.1. The molecule has 0 bridgehead atoms. The first-order valence-electron chi connectivity index (χ1n) is 4.95. The fourth-order valence-corrected chi connectivity index (χ4v) is 1.86. The lowest BCUT2D eigenvalue weighted by Gasteiger charge is -2.14. The van der Waals surface area contributed by atoms with Gasteiger partial charge in [0.15, 0.2) is 0 Å². The molecule has 0 N–H and O–H groups in total. The molecule has 1 aliphatic rings. The summed E-state index contributed by atoms with van der Waals surface area (Å²) in [6.07, 6.45) is 5.70. The molecule has 0 spiro atoms. The highest BCUT2D eigenvalue weighted by Crippen LogP contribution is 2.16. The van der Waals surface area contributed by atoms with Gasteiger partial charge in [-0.3, -0.25) is 9.88 Å². The Bertz CT molecular complexity index is 299. The van der Waals surface area contributed by atoms with Crippen molar-refractivity contribution in [2.75, 3.05) is 13.1 Å². The fraction of sp³-hybridized carbons (Fsp3) is 0.455. The second kappa shape index (κ2) is 4.33. The van der Waals surface area contributed by atoms with Crippen LogP contribution in [-0.4, -0.2) is 29.3 Å². The van der Waals surface area contributed by atoms with Gasteiger partial charge in [-0.1, -0.05) is 0 Å². The molecule has 0 aliphatic carbocycles. The molecule has 1 fully saturated rings. The number of nitrogens with zero attached hydrogens (tertiary/aromatic N) is 2. The Morgan fingerprint density at radius 2 is 2.29 bits per heavy atom. The molecule has 0 saturated carbocycles. The van der Waals surface area contributed by atoms with Gasteiger partial charge in [0, 0.05) is 31.4 Å². The largest absolute Gasteiger partial charge is 0.303 e. The summed E-state index contributed by atoms with van der Waals surface area (Å²) >= 11 is 0. The molecular formula is C11H14N2O. The number of hydrogen-bond acceptors (Lipinski definition) is 3. The van der Waals surface area contributed by atoms with E-state index in [0.29, 0.717) is 0 Å². The number of rotatable bonds is 3. The van der Waals surface area contributed by atoms with Crippen LogP contribution < -0.4 is 0 Å². The van der Waals surface area contributed by atoms with E-state index >= 15 is 0 Å². The van der Waals surface area contributed by atoms with Crippen LogP contribution >= 0.6 is 0 Å². The topological polar surface area (TPSA) is 33.2 Å². The number of aldehydes is 1. The number of carbonyl (C=O) groups excluding carboxylic acids is 1. The van der Waals surface area contributed by atoms with E-state index in [-0.39, 0.29) is 5.92 Å². The van der Waals surface area contributed by atoms with Gasteiger partial charge in [0.2, 0.25) is 0 Å². The van der Waals surface area contributed by atoms with Crippen molar-refractivity contribution in [3.05, 3.63) is 30.1 Å². The van der Waals surface area contributed by atoms with Crippen LogP contribution in [0.25, 0.3) is 0 Å². The predicted octanol–water partition coefficient (Wildman–Crippen LogP) is 1.10. The summed E-state index contributed by atoms with van der Waals surface area (Å²) < 4.78 is 0. The summed E-state index contributed by atoms with van der Waals surface area (Å²) in [5.41, 5.74) is 1.27. The van der Waals surface area contributed by atoms with Crippen LogP contribution in [0.4, 0.5) is 0 Å². The van der Waals surface area contributed by atoms with Gasteiger partial charge >= 0.3 is 0 Å². The Balaban J connectivity index is 1.90. The highest BCUT2D eigenvalue weighted by Gasteiger charge is 2.21. The first-order chi connectivity index (χ1) is 6.88. The molecule has 1 aromatic heterocycles. The summed E-state index contributed by atoms with van der Waals surface area (Å²) in [7, 11) is 0. The maximum atomic E-state index is 10.6.